The molecule has 7 nitrogen and oxygen atoms in total. The van der Waals surface area contributed by atoms with E-state index >= 15 is 0 Å². The van der Waals surface area contributed by atoms with Crippen LogP contribution in [-0.2, 0) is 10.0 Å². The zero-order chi connectivity index (χ0) is 14.6. The molecule has 0 aliphatic carbocycles. The second-order valence-corrected chi connectivity index (χ2v) is 5.81. The molecule has 1 aromatic carbocycles. The number of benzene rings is 1. The van der Waals surface area contributed by atoms with Crippen molar-refractivity contribution in [1.29, 1.82) is 0 Å². The third-order valence-corrected chi connectivity index (χ3v) is 3.67. The Labute approximate surface area is 121 Å². The number of sulfonamides is 1. The van der Waals surface area contributed by atoms with Gasteiger partial charge >= 0.3 is 0 Å². The molecule has 104 valence electrons. The van der Waals surface area contributed by atoms with E-state index in [4.69, 9.17) is 18.0 Å². The molecule has 0 fully saturated rings. The van der Waals surface area contributed by atoms with Crippen LogP contribution in [0.1, 0.15) is 0 Å². The first-order valence-corrected chi connectivity index (χ1v) is 7.33. The van der Waals surface area contributed by atoms with Crippen molar-refractivity contribution in [1.82, 2.24) is 9.97 Å². The van der Waals surface area contributed by atoms with Crippen LogP contribution in [0.5, 0.6) is 0 Å². The predicted molar refractivity (Wildman–Crippen MR) is 79.7 cm³/mol. The van der Waals surface area contributed by atoms with E-state index in [0.717, 1.165) is 0 Å². The second-order valence-electron chi connectivity index (χ2n) is 3.69. The largest absolute Gasteiger partial charge is 0.376 e. The summed E-state index contributed by atoms with van der Waals surface area (Å²) in [6.45, 7) is 0. The fraction of sp³-hybridized carbons (Fsp3) is 0. The van der Waals surface area contributed by atoms with Gasteiger partial charge in [-0.1, -0.05) is 0 Å². The van der Waals surface area contributed by atoms with Gasteiger partial charge in [0, 0.05) is 18.1 Å². The van der Waals surface area contributed by atoms with Gasteiger partial charge in [0.15, 0.2) is 5.11 Å². The molecule has 2 rings (SSSR count). The molecule has 0 saturated heterocycles. The third-order valence-electron chi connectivity index (χ3n) is 2.22. The van der Waals surface area contributed by atoms with Crippen molar-refractivity contribution in [2.45, 2.75) is 4.90 Å². The Morgan fingerprint density at radius 1 is 1.15 bits per heavy atom. The lowest BCUT2D eigenvalue weighted by Gasteiger charge is -2.07. The number of rotatable bonds is 4. The van der Waals surface area contributed by atoms with E-state index in [-0.39, 0.29) is 16.0 Å². The average molecular weight is 309 g/mol. The molecule has 9 heteroatoms. The minimum Gasteiger partial charge on any atom is -0.376 e. The normalized spacial score (nSPS) is 10.8. The number of hydrogen-bond donors (Lipinski definition) is 3. The Kier molecular flexibility index (Phi) is 4.11. The van der Waals surface area contributed by atoms with E-state index in [1.54, 1.807) is 18.2 Å². The minimum absolute atomic E-state index is 0.0119. The third kappa shape index (κ3) is 3.62. The van der Waals surface area contributed by atoms with Crippen molar-refractivity contribution in [2.24, 2.45) is 5.73 Å². The van der Waals surface area contributed by atoms with E-state index < -0.39 is 10.0 Å². The first kappa shape index (κ1) is 14.2. The standard InChI is InChI=1S/C11H11N5O2S2/c12-10(19)15-8-2-4-9(5-3-8)20(17,18)16-11-13-6-1-7-14-11/h1-7H,(H3,12,15,19)(H,13,14,16). The fourth-order valence-electron chi connectivity index (χ4n) is 1.39. The number of nitrogens with zero attached hydrogens (tertiary/aromatic N) is 2. The van der Waals surface area contributed by atoms with Gasteiger partial charge in [-0.05, 0) is 42.5 Å². The molecule has 0 aliphatic rings. The molecule has 0 atom stereocenters. The summed E-state index contributed by atoms with van der Waals surface area (Å²) in [6.07, 6.45) is 2.89. The summed E-state index contributed by atoms with van der Waals surface area (Å²) < 4.78 is 26.4. The Morgan fingerprint density at radius 2 is 1.75 bits per heavy atom. The molecular weight excluding hydrogens is 298 g/mol. The highest BCUT2D eigenvalue weighted by atomic mass is 32.2. The molecule has 4 N–H and O–H groups in total. The molecule has 1 heterocycles. The molecule has 0 saturated carbocycles. The molecule has 0 bridgehead atoms. The van der Waals surface area contributed by atoms with Gasteiger partial charge in [0.1, 0.15) is 0 Å². The molecular formula is C11H11N5O2S2. The van der Waals surface area contributed by atoms with Crippen molar-refractivity contribution in [3.05, 3.63) is 42.7 Å². The van der Waals surface area contributed by atoms with E-state index in [0.29, 0.717) is 5.69 Å². The van der Waals surface area contributed by atoms with Crippen LogP contribution in [0, 0.1) is 0 Å². The van der Waals surface area contributed by atoms with Crippen LogP contribution < -0.4 is 15.8 Å². The van der Waals surface area contributed by atoms with Crippen molar-refractivity contribution >= 4 is 39.0 Å². The molecule has 2 aromatic rings. The maximum atomic E-state index is 12.1. The van der Waals surface area contributed by atoms with Crippen molar-refractivity contribution < 1.29 is 8.42 Å². The van der Waals surface area contributed by atoms with Crippen LogP contribution in [0.3, 0.4) is 0 Å². The average Bonchev–Trinajstić information content (AvgIpc) is 2.39. The molecule has 0 unspecified atom stereocenters. The number of nitrogens with one attached hydrogen (secondary N) is 2. The van der Waals surface area contributed by atoms with Gasteiger partial charge in [-0.2, -0.15) is 0 Å². The van der Waals surface area contributed by atoms with Crippen LogP contribution >= 0.6 is 12.2 Å². The van der Waals surface area contributed by atoms with Gasteiger partial charge in [-0.15, -0.1) is 0 Å². The van der Waals surface area contributed by atoms with E-state index in [1.165, 1.54) is 24.5 Å². The summed E-state index contributed by atoms with van der Waals surface area (Å²) in [5.41, 5.74) is 5.93. The number of thiocarbonyl (C=S) groups is 1. The first-order chi connectivity index (χ1) is 9.47. The fourth-order valence-corrected chi connectivity index (χ4v) is 2.47. The summed E-state index contributed by atoms with van der Waals surface area (Å²) in [4.78, 5) is 7.68. The van der Waals surface area contributed by atoms with E-state index in [9.17, 15) is 8.42 Å². The maximum absolute atomic E-state index is 12.1. The zero-order valence-corrected chi connectivity index (χ0v) is 11.8. The highest BCUT2D eigenvalue weighted by Gasteiger charge is 2.15. The van der Waals surface area contributed by atoms with Crippen LogP contribution in [0.4, 0.5) is 11.6 Å². The van der Waals surface area contributed by atoms with Crippen LogP contribution in [0.2, 0.25) is 0 Å². The highest BCUT2D eigenvalue weighted by Crippen LogP contribution is 2.16. The summed E-state index contributed by atoms with van der Waals surface area (Å²) >= 11 is 4.69. The van der Waals surface area contributed by atoms with Crippen LogP contribution in [0.15, 0.2) is 47.6 Å². The molecule has 1 aromatic heterocycles. The summed E-state index contributed by atoms with van der Waals surface area (Å²) in [7, 11) is -3.73. The van der Waals surface area contributed by atoms with Crippen LogP contribution in [-0.4, -0.2) is 23.5 Å². The zero-order valence-electron chi connectivity index (χ0n) is 10.1. The number of hydrogen-bond acceptors (Lipinski definition) is 5. The SMILES string of the molecule is NC(=S)Nc1ccc(S(=O)(=O)Nc2ncccn2)cc1. The van der Waals surface area contributed by atoms with Gasteiger partial charge in [-0.3, -0.25) is 0 Å². The molecule has 0 spiro atoms. The van der Waals surface area contributed by atoms with Gasteiger partial charge < -0.3 is 11.1 Å². The molecule has 0 aliphatic heterocycles. The topological polar surface area (TPSA) is 110 Å². The van der Waals surface area contributed by atoms with Gasteiger partial charge in [0.2, 0.25) is 5.95 Å². The quantitative estimate of drug-likeness (QED) is 0.721. The van der Waals surface area contributed by atoms with Gasteiger partial charge in [0.25, 0.3) is 10.0 Å². The van der Waals surface area contributed by atoms with Crippen molar-refractivity contribution in [3.63, 3.8) is 0 Å². The van der Waals surface area contributed by atoms with Gasteiger partial charge in [-0.25, -0.2) is 23.1 Å². The first-order valence-electron chi connectivity index (χ1n) is 5.44. The predicted octanol–water partition coefficient (Wildman–Crippen LogP) is 0.933. The van der Waals surface area contributed by atoms with Crippen LogP contribution in [0.25, 0.3) is 0 Å². The molecule has 0 radical (unpaired) electrons. The summed E-state index contributed by atoms with van der Waals surface area (Å²) in [5, 5.41) is 2.81. The number of nitrogens with two attached hydrogens (primary N) is 1. The Morgan fingerprint density at radius 3 is 2.30 bits per heavy atom. The lowest BCUT2D eigenvalue weighted by molar-refractivity contribution is 0.601. The highest BCUT2D eigenvalue weighted by molar-refractivity contribution is 7.92. The van der Waals surface area contributed by atoms with E-state index in [1.807, 2.05) is 0 Å². The number of anilines is 2. The smallest absolute Gasteiger partial charge is 0.264 e. The Bertz CT molecular complexity index is 701. The van der Waals surface area contributed by atoms with Crippen molar-refractivity contribution in [2.75, 3.05) is 10.0 Å². The van der Waals surface area contributed by atoms with Gasteiger partial charge in [0.05, 0.1) is 4.90 Å². The Hall–Kier alpha value is -2.26. The maximum Gasteiger partial charge on any atom is 0.264 e. The summed E-state index contributed by atoms with van der Waals surface area (Å²) in [5.74, 6) is 0.0119. The number of aromatic nitrogens is 2. The van der Waals surface area contributed by atoms with E-state index in [2.05, 4.69) is 20.0 Å². The second kappa shape index (κ2) is 5.80. The lowest BCUT2D eigenvalue weighted by atomic mass is 10.3. The minimum atomic E-state index is -3.73. The van der Waals surface area contributed by atoms with Crippen molar-refractivity contribution in [3.8, 4) is 0 Å². The molecule has 20 heavy (non-hydrogen) atoms. The Balaban J connectivity index is 2.19. The molecule has 0 amide bonds. The lowest BCUT2D eigenvalue weighted by Crippen LogP contribution is -2.19. The monoisotopic (exact) mass is 309 g/mol. The summed E-state index contributed by atoms with van der Waals surface area (Å²) in [6, 6.07) is 7.55.